The molecule has 0 spiro atoms. The van der Waals surface area contributed by atoms with Gasteiger partial charge in [-0.3, -0.25) is 9.59 Å². The molecule has 1 heterocycles. The van der Waals surface area contributed by atoms with Gasteiger partial charge >= 0.3 is 0 Å². The van der Waals surface area contributed by atoms with Crippen molar-refractivity contribution in [3.05, 3.63) is 69.7 Å². The fourth-order valence-electron chi connectivity index (χ4n) is 3.63. The van der Waals surface area contributed by atoms with Crippen molar-refractivity contribution in [2.75, 3.05) is 19.6 Å². The molecule has 6 heteroatoms. The first-order valence-electron chi connectivity index (χ1n) is 9.85. The third-order valence-electron chi connectivity index (χ3n) is 5.51. The highest BCUT2D eigenvalue weighted by Crippen LogP contribution is 2.26. The highest BCUT2D eigenvalue weighted by molar-refractivity contribution is 6.42. The van der Waals surface area contributed by atoms with Gasteiger partial charge in [0, 0.05) is 30.6 Å². The number of benzene rings is 2. The molecule has 1 atom stereocenters. The van der Waals surface area contributed by atoms with Crippen molar-refractivity contribution in [3.8, 4) is 0 Å². The quantitative estimate of drug-likeness (QED) is 0.726. The Kier molecular flexibility index (Phi) is 6.86. The Morgan fingerprint density at radius 2 is 1.83 bits per heavy atom. The number of halogens is 2. The Balaban J connectivity index is 1.60. The van der Waals surface area contributed by atoms with Crippen molar-refractivity contribution in [2.45, 2.75) is 32.1 Å². The molecule has 2 aromatic carbocycles. The maximum Gasteiger partial charge on any atom is 0.253 e. The lowest BCUT2D eigenvalue weighted by Crippen LogP contribution is -2.47. The van der Waals surface area contributed by atoms with Crippen LogP contribution in [0.4, 0.5) is 0 Å². The Morgan fingerprint density at radius 1 is 1.10 bits per heavy atom. The number of nitrogens with one attached hydrogen (secondary N) is 1. The molecule has 1 saturated heterocycles. The predicted octanol–water partition coefficient (Wildman–Crippen LogP) is 4.94. The van der Waals surface area contributed by atoms with E-state index in [0.717, 1.165) is 12.8 Å². The van der Waals surface area contributed by atoms with Crippen LogP contribution in [0.5, 0.6) is 0 Å². The van der Waals surface area contributed by atoms with Gasteiger partial charge in [-0.05, 0) is 36.6 Å². The van der Waals surface area contributed by atoms with Crippen LogP contribution < -0.4 is 5.32 Å². The summed E-state index contributed by atoms with van der Waals surface area (Å²) in [6.07, 6.45) is 1.58. The summed E-state index contributed by atoms with van der Waals surface area (Å²) in [6, 6.07) is 15.0. The van der Waals surface area contributed by atoms with Crippen LogP contribution in [0.15, 0.2) is 48.5 Å². The molecule has 2 aromatic rings. The maximum atomic E-state index is 12.8. The molecule has 0 radical (unpaired) electrons. The Bertz CT molecular complexity index is 884. The second-order valence-electron chi connectivity index (χ2n) is 8.19. The van der Waals surface area contributed by atoms with Crippen molar-refractivity contribution in [1.29, 1.82) is 0 Å². The third kappa shape index (κ3) is 5.31. The molecule has 0 bridgehead atoms. The van der Waals surface area contributed by atoms with E-state index in [2.05, 4.69) is 31.3 Å². The molecule has 154 valence electrons. The molecule has 1 aliphatic heterocycles. The molecule has 29 heavy (non-hydrogen) atoms. The van der Waals surface area contributed by atoms with Crippen LogP contribution in [-0.2, 0) is 10.2 Å². The van der Waals surface area contributed by atoms with Gasteiger partial charge in [0.2, 0.25) is 5.91 Å². The summed E-state index contributed by atoms with van der Waals surface area (Å²) < 4.78 is 0. The topological polar surface area (TPSA) is 49.4 Å². The number of carbonyl (C=O) groups excluding carboxylic acids is 2. The molecule has 0 aromatic heterocycles. The maximum absolute atomic E-state index is 12.8. The summed E-state index contributed by atoms with van der Waals surface area (Å²) in [5.41, 5.74) is 1.51. The minimum atomic E-state index is -0.206. The van der Waals surface area contributed by atoms with Crippen LogP contribution in [0, 0.1) is 5.92 Å². The lowest BCUT2D eigenvalue weighted by molar-refractivity contribution is -0.126. The summed E-state index contributed by atoms with van der Waals surface area (Å²) in [6.45, 7) is 5.83. The second kappa shape index (κ2) is 9.19. The van der Waals surface area contributed by atoms with E-state index in [9.17, 15) is 9.59 Å². The smallest absolute Gasteiger partial charge is 0.253 e. The van der Waals surface area contributed by atoms with E-state index in [1.807, 2.05) is 18.2 Å². The standard InChI is InChI=1S/C23H26Cl2N2O2/c1-23(2,18-8-4-3-5-9-18)15-26-21(28)17-7-6-12-27(14-17)22(29)16-10-11-19(24)20(25)13-16/h3-5,8-11,13,17H,6-7,12,14-15H2,1-2H3,(H,26,28). The van der Waals surface area contributed by atoms with E-state index in [-0.39, 0.29) is 23.1 Å². The first kappa shape index (κ1) is 21.7. The van der Waals surface area contributed by atoms with Gasteiger partial charge in [0.25, 0.3) is 5.91 Å². The van der Waals surface area contributed by atoms with Crippen LogP contribution in [0.1, 0.15) is 42.6 Å². The zero-order valence-electron chi connectivity index (χ0n) is 16.8. The summed E-state index contributed by atoms with van der Waals surface area (Å²) in [5, 5.41) is 3.86. The van der Waals surface area contributed by atoms with Crippen LogP contribution >= 0.6 is 23.2 Å². The van der Waals surface area contributed by atoms with E-state index in [0.29, 0.717) is 35.2 Å². The van der Waals surface area contributed by atoms with Crippen molar-refractivity contribution >= 4 is 35.0 Å². The van der Waals surface area contributed by atoms with Gasteiger partial charge in [0.05, 0.1) is 16.0 Å². The first-order valence-corrected chi connectivity index (χ1v) is 10.6. The number of piperidine rings is 1. The Morgan fingerprint density at radius 3 is 2.52 bits per heavy atom. The molecule has 4 nitrogen and oxygen atoms in total. The van der Waals surface area contributed by atoms with Crippen molar-refractivity contribution in [2.24, 2.45) is 5.92 Å². The fourth-order valence-corrected chi connectivity index (χ4v) is 3.93. The number of nitrogens with zero attached hydrogens (tertiary/aromatic N) is 1. The molecule has 0 saturated carbocycles. The number of carbonyl (C=O) groups is 2. The third-order valence-corrected chi connectivity index (χ3v) is 6.24. The minimum Gasteiger partial charge on any atom is -0.355 e. The largest absolute Gasteiger partial charge is 0.355 e. The van der Waals surface area contributed by atoms with Crippen molar-refractivity contribution in [3.63, 3.8) is 0 Å². The van der Waals surface area contributed by atoms with Crippen LogP contribution in [-0.4, -0.2) is 36.3 Å². The average Bonchev–Trinajstić information content (AvgIpc) is 2.74. The fraction of sp³-hybridized carbons (Fsp3) is 0.391. The monoisotopic (exact) mass is 432 g/mol. The van der Waals surface area contributed by atoms with Gasteiger partial charge in [-0.1, -0.05) is 67.4 Å². The minimum absolute atomic E-state index is 0.000597. The molecule has 2 amide bonds. The van der Waals surface area contributed by atoms with Crippen LogP contribution in [0.25, 0.3) is 0 Å². The molecule has 1 unspecified atom stereocenters. The number of likely N-dealkylation sites (tertiary alicyclic amines) is 1. The van der Waals surface area contributed by atoms with Gasteiger partial charge < -0.3 is 10.2 Å². The molecule has 1 fully saturated rings. The zero-order chi connectivity index (χ0) is 21.0. The highest BCUT2D eigenvalue weighted by Gasteiger charge is 2.30. The van der Waals surface area contributed by atoms with Gasteiger partial charge in [-0.25, -0.2) is 0 Å². The van der Waals surface area contributed by atoms with Crippen molar-refractivity contribution < 1.29 is 9.59 Å². The van der Waals surface area contributed by atoms with E-state index < -0.39 is 0 Å². The van der Waals surface area contributed by atoms with Crippen LogP contribution in [0.3, 0.4) is 0 Å². The molecule has 1 N–H and O–H groups in total. The van der Waals surface area contributed by atoms with Gasteiger partial charge in [-0.15, -0.1) is 0 Å². The zero-order valence-corrected chi connectivity index (χ0v) is 18.3. The number of hydrogen-bond donors (Lipinski definition) is 1. The lowest BCUT2D eigenvalue weighted by atomic mass is 9.84. The molecular formula is C23H26Cl2N2O2. The summed E-state index contributed by atoms with van der Waals surface area (Å²) in [5.74, 6) is -0.326. The van der Waals surface area contributed by atoms with Gasteiger partial charge in [0.15, 0.2) is 0 Å². The normalized spacial score (nSPS) is 17.1. The molecule has 0 aliphatic carbocycles. The van der Waals surface area contributed by atoms with Gasteiger partial charge in [0.1, 0.15) is 0 Å². The predicted molar refractivity (Wildman–Crippen MR) is 118 cm³/mol. The first-order chi connectivity index (χ1) is 13.8. The number of rotatable bonds is 5. The molecular weight excluding hydrogens is 407 g/mol. The molecule has 1 aliphatic rings. The Labute approximate surface area is 182 Å². The average molecular weight is 433 g/mol. The summed E-state index contributed by atoms with van der Waals surface area (Å²) in [4.78, 5) is 27.3. The summed E-state index contributed by atoms with van der Waals surface area (Å²) in [7, 11) is 0. The highest BCUT2D eigenvalue weighted by atomic mass is 35.5. The van der Waals surface area contributed by atoms with E-state index in [4.69, 9.17) is 23.2 Å². The number of hydrogen-bond acceptors (Lipinski definition) is 2. The van der Waals surface area contributed by atoms with E-state index >= 15 is 0 Å². The van der Waals surface area contributed by atoms with Crippen molar-refractivity contribution in [1.82, 2.24) is 10.2 Å². The van der Waals surface area contributed by atoms with Crippen LogP contribution in [0.2, 0.25) is 10.0 Å². The van der Waals surface area contributed by atoms with E-state index in [1.54, 1.807) is 23.1 Å². The second-order valence-corrected chi connectivity index (χ2v) is 9.00. The summed E-state index contributed by atoms with van der Waals surface area (Å²) >= 11 is 12.0. The molecule has 3 rings (SSSR count). The SMILES string of the molecule is CC(C)(CNC(=O)C1CCCN(C(=O)c2ccc(Cl)c(Cl)c2)C1)c1ccccc1. The lowest BCUT2D eigenvalue weighted by Gasteiger charge is -2.33. The number of amides is 2. The van der Waals surface area contributed by atoms with Gasteiger partial charge in [-0.2, -0.15) is 0 Å². The van der Waals surface area contributed by atoms with E-state index in [1.165, 1.54) is 5.56 Å². The Hall–Kier alpha value is -2.04.